The lowest BCUT2D eigenvalue weighted by Crippen LogP contribution is -2.54. The van der Waals surface area contributed by atoms with Crippen molar-refractivity contribution in [3.63, 3.8) is 0 Å². The zero-order chi connectivity index (χ0) is 21.6. The van der Waals surface area contributed by atoms with Crippen LogP contribution in [-0.4, -0.2) is 16.1 Å². The van der Waals surface area contributed by atoms with Gasteiger partial charge in [0.15, 0.2) is 0 Å². The first-order valence-corrected chi connectivity index (χ1v) is 17.3. The normalized spacial score (nSPS) is 13.0. The summed E-state index contributed by atoms with van der Waals surface area (Å²) in [5.74, 6) is 0. The average Bonchev–Trinajstić information content (AvgIpc) is 3.18. The molecule has 154 valence electrons. The smallest absolute Gasteiger partial charge is 0.0626 e. The van der Waals surface area contributed by atoms with Gasteiger partial charge in [0.1, 0.15) is 16.1 Å². The molecular formula is C29H30Si2. The van der Waals surface area contributed by atoms with Crippen molar-refractivity contribution in [2.24, 2.45) is 0 Å². The first-order chi connectivity index (χ1) is 14.9. The summed E-state index contributed by atoms with van der Waals surface area (Å²) in [5, 5.41) is 6.14. The van der Waals surface area contributed by atoms with Gasteiger partial charge in [-0.3, -0.25) is 0 Å². The molecule has 0 N–H and O–H groups in total. The molecule has 0 saturated carbocycles. The molecule has 4 aromatic carbocycles. The minimum Gasteiger partial charge on any atom is -0.0626 e. The van der Waals surface area contributed by atoms with E-state index in [9.17, 15) is 0 Å². The highest BCUT2D eigenvalue weighted by molar-refractivity contribution is 7.01. The second kappa shape index (κ2) is 7.47. The Bertz CT molecular complexity index is 1240. The van der Waals surface area contributed by atoms with Crippen molar-refractivity contribution in [3.8, 4) is 11.1 Å². The van der Waals surface area contributed by atoms with Gasteiger partial charge in [-0.25, -0.2) is 0 Å². The molecule has 0 amide bonds. The molecule has 0 atom stereocenters. The summed E-state index contributed by atoms with van der Waals surface area (Å²) in [6, 6.07) is 36.5. The Morgan fingerprint density at radius 2 is 1.13 bits per heavy atom. The van der Waals surface area contributed by atoms with Gasteiger partial charge >= 0.3 is 0 Å². The third-order valence-corrected chi connectivity index (χ3v) is 14.4. The Hall–Kier alpha value is -2.69. The molecule has 0 aliphatic heterocycles. The molecule has 0 heterocycles. The Balaban J connectivity index is 1.57. The molecule has 1 aliphatic rings. The van der Waals surface area contributed by atoms with Crippen LogP contribution >= 0.6 is 0 Å². The first-order valence-electron chi connectivity index (χ1n) is 11.3. The van der Waals surface area contributed by atoms with E-state index in [2.05, 4.69) is 123 Å². The van der Waals surface area contributed by atoms with E-state index in [0.29, 0.717) is 0 Å². The zero-order valence-electron chi connectivity index (χ0n) is 18.9. The molecule has 0 aromatic heterocycles. The van der Waals surface area contributed by atoms with Crippen LogP contribution < -0.4 is 20.7 Å². The standard InChI is InChI=1S/C29H30Si2/c1-30(2,23-12-7-5-8-13-23)25-18-19-26-22(20-25)21-28-27(26)16-11-17-29(28)31(3,4)24-14-9-6-10-15-24/h5-20H,21H2,1-4H3. The van der Waals surface area contributed by atoms with Gasteiger partial charge in [-0.05, 0) is 28.7 Å². The highest BCUT2D eigenvalue weighted by Gasteiger charge is 2.33. The van der Waals surface area contributed by atoms with E-state index in [4.69, 9.17) is 0 Å². The fraction of sp³-hybridized carbons (Fsp3) is 0.172. The van der Waals surface area contributed by atoms with Crippen molar-refractivity contribution < 1.29 is 0 Å². The molecule has 0 fully saturated rings. The van der Waals surface area contributed by atoms with Gasteiger partial charge in [-0.15, -0.1) is 0 Å². The van der Waals surface area contributed by atoms with E-state index in [1.54, 1.807) is 10.8 Å². The second-order valence-corrected chi connectivity index (χ2v) is 18.6. The van der Waals surface area contributed by atoms with Crippen molar-refractivity contribution in [2.45, 2.75) is 32.6 Å². The van der Waals surface area contributed by atoms with Crippen LogP contribution in [0.3, 0.4) is 0 Å². The number of fused-ring (bicyclic) bond motifs is 3. The predicted octanol–water partition coefficient (Wildman–Crippen LogP) is 4.90. The molecular weight excluding hydrogens is 404 g/mol. The van der Waals surface area contributed by atoms with E-state index in [1.165, 1.54) is 32.3 Å². The SMILES string of the molecule is C[Si](C)(c1ccccc1)c1ccc2c(c1)Cc1c-2cccc1[Si](C)(C)c1ccccc1. The lowest BCUT2D eigenvalue weighted by Gasteiger charge is -2.26. The summed E-state index contributed by atoms with van der Waals surface area (Å²) >= 11 is 0. The van der Waals surface area contributed by atoms with E-state index >= 15 is 0 Å². The summed E-state index contributed by atoms with van der Waals surface area (Å²) in [6.45, 7) is 9.95. The Morgan fingerprint density at radius 3 is 1.77 bits per heavy atom. The third kappa shape index (κ3) is 3.35. The molecule has 4 aromatic rings. The van der Waals surface area contributed by atoms with Gasteiger partial charge in [-0.1, -0.05) is 144 Å². The Labute approximate surface area is 188 Å². The Kier molecular flexibility index (Phi) is 4.88. The van der Waals surface area contributed by atoms with Crippen LogP contribution in [0.1, 0.15) is 11.1 Å². The predicted molar refractivity (Wildman–Crippen MR) is 141 cm³/mol. The van der Waals surface area contributed by atoms with Crippen molar-refractivity contribution in [2.75, 3.05) is 0 Å². The van der Waals surface area contributed by atoms with E-state index in [0.717, 1.165) is 6.42 Å². The molecule has 5 rings (SSSR count). The van der Waals surface area contributed by atoms with Crippen molar-refractivity contribution >= 4 is 36.9 Å². The van der Waals surface area contributed by atoms with Crippen LogP contribution in [0.5, 0.6) is 0 Å². The molecule has 1 aliphatic carbocycles. The van der Waals surface area contributed by atoms with Crippen molar-refractivity contribution in [1.29, 1.82) is 0 Å². The number of hydrogen-bond donors (Lipinski definition) is 0. The fourth-order valence-corrected chi connectivity index (χ4v) is 10.5. The van der Waals surface area contributed by atoms with Crippen LogP contribution in [0, 0.1) is 0 Å². The van der Waals surface area contributed by atoms with E-state index in [-0.39, 0.29) is 0 Å². The molecule has 2 heteroatoms. The van der Waals surface area contributed by atoms with Gasteiger partial charge in [0.25, 0.3) is 0 Å². The molecule has 0 bridgehead atoms. The highest BCUT2D eigenvalue weighted by atomic mass is 28.3. The van der Waals surface area contributed by atoms with E-state index in [1.807, 2.05) is 0 Å². The van der Waals surface area contributed by atoms with Crippen molar-refractivity contribution in [1.82, 2.24) is 0 Å². The number of benzene rings is 4. The lowest BCUT2D eigenvalue weighted by molar-refractivity contribution is 1.28. The largest absolute Gasteiger partial charge is 0.112 e. The molecule has 0 nitrogen and oxygen atoms in total. The van der Waals surface area contributed by atoms with Crippen LogP contribution in [0.15, 0.2) is 97.1 Å². The maximum Gasteiger partial charge on any atom is 0.112 e. The summed E-state index contributed by atoms with van der Waals surface area (Å²) < 4.78 is 0. The van der Waals surface area contributed by atoms with Crippen LogP contribution in [0.25, 0.3) is 11.1 Å². The van der Waals surface area contributed by atoms with Crippen molar-refractivity contribution in [3.05, 3.63) is 108 Å². The molecule has 31 heavy (non-hydrogen) atoms. The lowest BCUT2D eigenvalue weighted by atomic mass is 10.1. The van der Waals surface area contributed by atoms with Gasteiger partial charge < -0.3 is 0 Å². The van der Waals surface area contributed by atoms with Gasteiger partial charge in [0.05, 0.1) is 0 Å². The first kappa shape index (κ1) is 20.2. The number of hydrogen-bond acceptors (Lipinski definition) is 0. The van der Waals surface area contributed by atoms with Gasteiger partial charge in [0, 0.05) is 0 Å². The fourth-order valence-electron chi connectivity index (χ4n) is 5.23. The topological polar surface area (TPSA) is 0 Å². The highest BCUT2D eigenvalue weighted by Crippen LogP contribution is 2.36. The summed E-state index contributed by atoms with van der Waals surface area (Å²) in [5.41, 5.74) is 5.97. The average molecular weight is 435 g/mol. The third-order valence-electron chi connectivity index (χ3n) is 7.32. The quantitative estimate of drug-likeness (QED) is 0.353. The molecule has 0 saturated heterocycles. The minimum absolute atomic E-state index is 1.07. The number of rotatable bonds is 4. The molecule has 0 unspecified atom stereocenters. The van der Waals surface area contributed by atoms with Gasteiger partial charge in [-0.2, -0.15) is 0 Å². The van der Waals surface area contributed by atoms with Gasteiger partial charge in [0.2, 0.25) is 0 Å². The maximum atomic E-state index is 2.52. The molecule has 0 radical (unpaired) electrons. The Morgan fingerprint density at radius 1 is 0.516 bits per heavy atom. The molecule has 0 spiro atoms. The summed E-state index contributed by atoms with van der Waals surface area (Å²) in [6.07, 6.45) is 1.07. The van der Waals surface area contributed by atoms with Crippen LogP contribution in [0.2, 0.25) is 26.2 Å². The maximum absolute atomic E-state index is 2.52. The van der Waals surface area contributed by atoms with Crippen LogP contribution in [0.4, 0.5) is 0 Å². The minimum atomic E-state index is -1.75. The summed E-state index contributed by atoms with van der Waals surface area (Å²) in [4.78, 5) is 0. The zero-order valence-corrected chi connectivity index (χ0v) is 20.9. The summed E-state index contributed by atoms with van der Waals surface area (Å²) in [7, 11) is -3.44. The second-order valence-electron chi connectivity index (χ2n) is 9.86. The van der Waals surface area contributed by atoms with E-state index < -0.39 is 16.1 Å². The van der Waals surface area contributed by atoms with Crippen LogP contribution in [-0.2, 0) is 6.42 Å². The monoisotopic (exact) mass is 434 g/mol.